The van der Waals surface area contributed by atoms with Crippen LogP contribution < -0.4 is 10.1 Å². The molecule has 0 radical (unpaired) electrons. The van der Waals surface area contributed by atoms with Crippen molar-refractivity contribution in [1.82, 2.24) is 10.3 Å². The van der Waals surface area contributed by atoms with Gasteiger partial charge >= 0.3 is 0 Å². The Balaban J connectivity index is 1.27. The third-order valence-electron chi connectivity index (χ3n) is 8.28. The molecule has 2 N–H and O–H groups in total. The number of aromatic nitrogens is 1. The average molecular weight is 485 g/mol. The molecule has 0 unspecified atom stereocenters. The predicted molar refractivity (Wildman–Crippen MR) is 141 cm³/mol. The average Bonchev–Trinajstić information content (AvgIpc) is 3.29. The first-order valence-corrected chi connectivity index (χ1v) is 12.9. The van der Waals surface area contributed by atoms with Crippen LogP contribution in [-0.2, 0) is 29.7 Å². The number of benzene rings is 3. The molecule has 186 valence electrons. The summed E-state index contributed by atoms with van der Waals surface area (Å²) in [5, 5.41) is 4.97. The number of hydrogen-bond donors (Lipinski definition) is 2. The van der Waals surface area contributed by atoms with Crippen LogP contribution in [0, 0.1) is 5.82 Å². The van der Waals surface area contributed by atoms with E-state index in [4.69, 9.17) is 9.47 Å². The van der Waals surface area contributed by atoms with Gasteiger partial charge in [-0.15, -0.1) is 0 Å². The van der Waals surface area contributed by atoms with Gasteiger partial charge < -0.3 is 19.8 Å². The summed E-state index contributed by atoms with van der Waals surface area (Å²) in [7, 11) is 1.70. The van der Waals surface area contributed by atoms with Crippen LogP contribution in [-0.4, -0.2) is 24.2 Å². The number of ether oxygens (including phenoxy) is 2. The van der Waals surface area contributed by atoms with Crippen LogP contribution in [0.5, 0.6) is 5.75 Å². The van der Waals surface area contributed by atoms with Gasteiger partial charge in [0.2, 0.25) is 0 Å². The summed E-state index contributed by atoms with van der Waals surface area (Å²) in [5.41, 5.74) is 5.65. The molecule has 1 aliphatic heterocycles. The molecule has 1 aliphatic carbocycles. The second kappa shape index (κ2) is 9.38. The van der Waals surface area contributed by atoms with Crippen molar-refractivity contribution in [1.29, 1.82) is 0 Å². The fourth-order valence-corrected chi connectivity index (χ4v) is 6.25. The van der Waals surface area contributed by atoms with Crippen molar-refractivity contribution in [2.24, 2.45) is 0 Å². The van der Waals surface area contributed by atoms with Crippen molar-refractivity contribution in [3.05, 3.63) is 101 Å². The topological polar surface area (TPSA) is 46.3 Å². The quantitative estimate of drug-likeness (QED) is 0.332. The molecule has 2 aliphatic rings. The lowest BCUT2D eigenvalue weighted by atomic mass is 9.69. The summed E-state index contributed by atoms with van der Waals surface area (Å²) < 4.78 is 25.9. The van der Waals surface area contributed by atoms with Crippen LogP contribution in [0.4, 0.5) is 4.39 Å². The predicted octanol–water partition coefficient (Wildman–Crippen LogP) is 6.43. The largest absolute Gasteiger partial charge is 0.497 e. The van der Waals surface area contributed by atoms with E-state index in [0.717, 1.165) is 67.4 Å². The summed E-state index contributed by atoms with van der Waals surface area (Å²) in [6, 6.07) is 24.1. The maximum atomic E-state index is 14.0. The van der Waals surface area contributed by atoms with Crippen LogP contribution in [0.1, 0.15) is 48.1 Å². The van der Waals surface area contributed by atoms with Gasteiger partial charge in [-0.3, -0.25) is 0 Å². The minimum Gasteiger partial charge on any atom is -0.497 e. The van der Waals surface area contributed by atoms with E-state index in [0.29, 0.717) is 6.61 Å². The molecule has 0 amide bonds. The molecule has 1 spiro atoms. The Morgan fingerprint density at radius 3 is 2.47 bits per heavy atom. The van der Waals surface area contributed by atoms with Gasteiger partial charge in [-0.25, -0.2) is 4.39 Å². The lowest BCUT2D eigenvalue weighted by Crippen LogP contribution is -2.53. The van der Waals surface area contributed by atoms with Crippen molar-refractivity contribution >= 4 is 10.9 Å². The van der Waals surface area contributed by atoms with Crippen molar-refractivity contribution in [2.75, 3.05) is 13.7 Å². The minimum atomic E-state index is -0.328. The van der Waals surface area contributed by atoms with Crippen molar-refractivity contribution in [3.63, 3.8) is 0 Å². The molecule has 0 atom stereocenters. The van der Waals surface area contributed by atoms with Crippen LogP contribution in [0.2, 0.25) is 0 Å². The summed E-state index contributed by atoms with van der Waals surface area (Å²) in [4.78, 5) is 3.63. The standard InChI is InChI=1S/C31H33FN2O2/c1-35-25-10-7-23(8-11-25)21-33-30(20-22-5-3-2-4-6-22)14-16-31(17-15-30)29-26(13-18-36-31)27-19-24(32)9-12-28(27)34-29/h2-12,19,33-34H,13-18,20-21H2,1H3. The number of rotatable bonds is 6. The van der Waals surface area contributed by atoms with Gasteiger partial charge in [-0.1, -0.05) is 42.5 Å². The zero-order valence-corrected chi connectivity index (χ0v) is 20.8. The van der Waals surface area contributed by atoms with Gasteiger partial charge in [-0.05, 0) is 85.5 Å². The molecule has 3 aromatic carbocycles. The highest BCUT2D eigenvalue weighted by Crippen LogP contribution is 2.49. The lowest BCUT2D eigenvalue weighted by molar-refractivity contribution is -0.101. The van der Waals surface area contributed by atoms with Gasteiger partial charge in [0.05, 0.1) is 19.4 Å². The fraction of sp³-hybridized carbons (Fsp3) is 0.355. The first kappa shape index (κ1) is 23.3. The molecule has 1 saturated carbocycles. The third-order valence-corrected chi connectivity index (χ3v) is 8.28. The van der Waals surface area contributed by atoms with Crippen LogP contribution >= 0.6 is 0 Å². The molecule has 0 saturated heterocycles. The Kier molecular flexibility index (Phi) is 6.06. The van der Waals surface area contributed by atoms with Gasteiger partial charge in [-0.2, -0.15) is 0 Å². The summed E-state index contributed by atoms with van der Waals surface area (Å²) in [6.07, 6.45) is 5.66. The molecule has 1 fully saturated rings. The van der Waals surface area contributed by atoms with Gasteiger partial charge in [0, 0.05) is 23.0 Å². The van der Waals surface area contributed by atoms with E-state index in [1.807, 2.05) is 18.2 Å². The van der Waals surface area contributed by atoms with E-state index < -0.39 is 0 Å². The van der Waals surface area contributed by atoms with Crippen LogP contribution in [0.3, 0.4) is 0 Å². The van der Waals surface area contributed by atoms with E-state index in [2.05, 4.69) is 52.8 Å². The van der Waals surface area contributed by atoms with Gasteiger partial charge in [0.15, 0.2) is 0 Å². The Hall–Kier alpha value is -3.15. The van der Waals surface area contributed by atoms with Crippen molar-refractivity contribution in [2.45, 2.75) is 56.2 Å². The number of fused-ring (bicyclic) bond motifs is 4. The summed E-state index contributed by atoms with van der Waals surface area (Å²) in [6.45, 7) is 1.49. The molecule has 6 rings (SSSR count). The summed E-state index contributed by atoms with van der Waals surface area (Å²) >= 11 is 0. The van der Waals surface area contributed by atoms with Crippen LogP contribution in [0.25, 0.3) is 10.9 Å². The Morgan fingerprint density at radius 1 is 0.944 bits per heavy atom. The van der Waals surface area contributed by atoms with E-state index in [-0.39, 0.29) is 17.0 Å². The lowest BCUT2D eigenvalue weighted by Gasteiger charge is -2.48. The molecular formula is C31H33FN2O2. The molecule has 1 aromatic heterocycles. The zero-order valence-electron chi connectivity index (χ0n) is 20.8. The molecule has 2 heterocycles. The molecule has 4 nitrogen and oxygen atoms in total. The number of halogens is 1. The molecule has 5 heteroatoms. The third kappa shape index (κ3) is 4.31. The maximum Gasteiger partial charge on any atom is 0.123 e. The highest BCUT2D eigenvalue weighted by atomic mass is 19.1. The highest BCUT2D eigenvalue weighted by molar-refractivity contribution is 5.85. The van der Waals surface area contributed by atoms with E-state index in [1.54, 1.807) is 13.2 Å². The Bertz CT molecular complexity index is 1340. The van der Waals surface area contributed by atoms with E-state index in [9.17, 15) is 4.39 Å². The number of aromatic amines is 1. The van der Waals surface area contributed by atoms with E-state index in [1.165, 1.54) is 22.8 Å². The second-order valence-electron chi connectivity index (χ2n) is 10.4. The first-order chi connectivity index (χ1) is 17.6. The monoisotopic (exact) mass is 484 g/mol. The summed E-state index contributed by atoms with van der Waals surface area (Å²) in [5.74, 6) is 0.693. The maximum absolute atomic E-state index is 14.0. The number of H-pyrrole nitrogens is 1. The van der Waals surface area contributed by atoms with Crippen molar-refractivity contribution in [3.8, 4) is 5.75 Å². The van der Waals surface area contributed by atoms with Crippen LogP contribution in [0.15, 0.2) is 72.8 Å². The molecular weight excluding hydrogens is 451 g/mol. The highest BCUT2D eigenvalue weighted by Gasteiger charge is 2.47. The fourth-order valence-electron chi connectivity index (χ4n) is 6.25. The smallest absolute Gasteiger partial charge is 0.123 e. The zero-order chi connectivity index (χ0) is 24.6. The minimum absolute atomic E-state index is 0.0222. The molecule has 36 heavy (non-hydrogen) atoms. The molecule has 4 aromatic rings. The normalized spacial score (nSPS) is 23.6. The number of hydrogen-bond acceptors (Lipinski definition) is 3. The Labute approximate surface area is 211 Å². The number of methoxy groups -OCH3 is 1. The molecule has 0 bridgehead atoms. The number of nitrogens with one attached hydrogen (secondary N) is 2. The SMILES string of the molecule is COc1ccc(CNC2(Cc3ccccc3)CCC3(CC2)OCCc2c3[nH]c3ccc(F)cc23)cc1. The van der Waals surface area contributed by atoms with Gasteiger partial charge in [0.1, 0.15) is 17.2 Å². The van der Waals surface area contributed by atoms with Gasteiger partial charge in [0.25, 0.3) is 0 Å². The first-order valence-electron chi connectivity index (χ1n) is 12.9. The van der Waals surface area contributed by atoms with Crippen molar-refractivity contribution < 1.29 is 13.9 Å². The second-order valence-corrected chi connectivity index (χ2v) is 10.4. The van der Waals surface area contributed by atoms with E-state index >= 15 is 0 Å². The Morgan fingerprint density at radius 2 is 1.72 bits per heavy atom.